The number of benzene rings is 2. The van der Waals surface area contributed by atoms with Crippen LogP contribution in [0.25, 0.3) is 6.08 Å². The summed E-state index contributed by atoms with van der Waals surface area (Å²) in [5.74, 6) is 0.589. The predicted molar refractivity (Wildman–Crippen MR) is 117 cm³/mol. The Labute approximate surface area is 176 Å². The van der Waals surface area contributed by atoms with Crippen molar-refractivity contribution in [3.63, 3.8) is 0 Å². The number of halogens is 1. The van der Waals surface area contributed by atoms with E-state index in [9.17, 15) is 5.26 Å². The van der Waals surface area contributed by atoms with Crippen molar-refractivity contribution in [1.29, 1.82) is 5.26 Å². The molecule has 1 saturated carbocycles. The Hall–Kier alpha value is -1.89. The molecule has 0 radical (unpaired) electrons. The normalized spacial score (nSPS) is 34.0. The third kappa shape index (κ3) is 2.62. The van der Waals surface area contributed by atoms with E-state index in [0.717, 1.165) is 30.4 Å². The minimum atomic E-state index is -0.302. The summed E-state index contributed by atoms with van der Waals surface area (Å²) in [6.45, 7) is 4.64. The first-order valence-corrected chi connectivity index (χ1v) is 11.1. The van der Waals surface area contributed by atoms with Crippen LogP contribution in [0.2, 0.25) is 0 Å². The second-order valence-electron chi connectivity index (χ2n) is 8.87. The molecule has 0 N–H and O–H groups in total. The summed E-state index contributed by atoms with van der Waals surface area (Å²) in [5.41, 5.74) is 3.98. The van der Waals surface area contributed by atoms with Gasteiger partial charge in [-0.3, -0.25) is 4.90 Å². The van der Waals surface area contributed by atoms with Gasteiger partial charge in [0.05, 0.1) is 11.5 Å². The highest BCUT2D eigenvalue weighted by molar-refractivity contribution is 9.10. The molecule has 2 aliphatic carbocycles. The molecule has 2 nitrogen and oxygen atoms in total. The molecule has 1 unspecified atom stereocenters. The first kappa shape index (κ1) is 18.2. The second kappa shape index (κ2) is 6.58. The van der Waals surface area contributed by atoms with Crippen LogP contribution in [-0.2, 0) is 10.8 Å². The Morgan fingerprint density at radius 2 is 1.86 bits per heavy atom. The van der Waals surface area contributed by atoms with Gasteiger partial charge < -0.3 is 0 Å². The highest BCUT2D eigenvalue weighted by Gasteiger charge is 2.51. The fraction of sp³-hybridized carbons (Fsp3) is 0.400. The maximum Gasteiger partial charge on any atom is 0.0852 e. The molecule has 5 rings (SSSR count). The summed E-state index contributed by atoms with van der Waals surface area (Å²) < 4.78 is 1.07. The Kier molecular flexibility index (Phi) is 4.27. The fourth-order valence-electron chi connectivity index (χ4n) is 5.72. The molecule has 3 aliphatic rings. The lowest BCUT2D eigenvalue weighted by Gasteiger charge is -2.53. The van der Waals surface area contributed by atoms with Crippen LogP contribution in [0.1, 0.15) is 42.9 Å². The summed E-state index contributed by atoms with van der Waals surface area (Å²) in [4.78, 5) is 2.65. The predicted octanol–water partition coefficient (Wildman–Crippen LogP) is 5.68. The van der Waals surface area contributed by atoms with Crippen LogP contribution < -0.4 is 0 Å². The van der Waals surface area contributed by atoms with Crippen LogP contribution in [0, 0.1) is 17.2 Å². The van der Waals surface area contributed by atoms with E-state index in [-0.39, 0.29) is 10.8 Å². The van der Waals surface area contributed by atoms with Crippen molar-refractivity contribution in [1.82, 2.24) is 4.90 Å². The summed E-state index contributed by atoms with van der Waals surface area (Å²) >= 11 is 3.50. The Morgan fingerprint density at radius 1 is 1.11 bits per heavy atom. The van der Waals surface area contributed by atoms with Crippen LogP contribution in [-0.4, -0.2) is 24.0 Å². The van der Waals surface area contributed by atoms with Gasteiger partial charge in [-0.05, 0) is 60.5 Å². The SMILES string of the molecule is C[C@H]1CN(C2CC(C#N)(c3ccc(Br)cc3)C2)CCC12C=Cc1ccccc12. The average Bonchev–Trinajstić information content (AvgIpc) is 3.05. The molecule has 1 spiro atoms. The first-order valence-electron chi connectivity index (χ1n) is 10.3. The van der Waals surface area contributed by atoms with Crippen LogP contribution in [0.15, 0.2) is 59.1 Å². The zero-order valence-corrected chi connectivity index (χ0v) is 17.8. The summed E-state index contributed by atoms with van der Waals surface area (Å²) in [6, 6.07) is 20.4. The molecular weight excluding hydrogens is 408 g/mol. The molecule has 0 bridgehead atoms. The standard InChI is InChI=1S/C25H25BrN2/c1-18-16-28(13-12-25(18)11-10-19-4-2-3-5-23(19)25)22-14-24(15-22,17-27)20-6-8-21(26)9-7-20/h2-11,18,22H,12-16H2,1H3/t18-,22?,24?,25?/m0/s1. The number of nitriles is 1. The van der Waals surface area contributed by atoms with Gasteiger partial charge in [0.25, 0.3) is 0 Å². The summed E-state index contributed by atoms with van der Waals surface area (Å²) in [7, 11) is 0. The lowest BCUT2D eigenvalue weighted by Crippen LogP contribution is -2.58. The maximum atomic E-state index is 9.91. The van der Waals surface area contributed by atoms with Gasteiger partial charge in [-0.15, -0.1) is 0 Å². The Bertz CT molecular complexity index is 965. The zero-order valence-electron chi connectivity index (χ0n) is 16.2. The number of likely N-dealkylation sites (tertiary alicyclic amines) is 1. The molecule has 2 aromatic carbocycles. The van der Waals surface area contributed by atoms with Crippen molar-refractivity contribution in [3.8, 4) is 6.07 Å². The van der Waals surface area contributed by atoms with E-state index in [1.807, 2.05) is 0 Å². The van der Waals surface area contributed by atoms with Gasteiger partial charge in [0.2, 0.25) is 0 Å². The molecule has 2 atom stereocenters. The van der Waals surface area contributed by atoms with E-state index in [4.69, 9.17) is 0 Å². The maximum absolute atomic E-state index is 9.91. The van der Waals surface area contributed by atoms with Crippen molar-refractivity contribution in [3.05, 3.63) is 75.8 Å². The highest BCUT2D eigenvalue weighted by atomic mass is 79.9. The molecule has 0 aromatic heterocycles. The van der Waals surface area contributed by atoms with E-state index in [1.165, 1.54) is 23.1 Å². The molecule has 1 aliphatic heterocycles. The van der Waals surface area contributed by atoms with Crippen molar-refractivity contribution >= 4 is 22.0 Å². The quantitative estimate of drug-likeness (QED) is 0.610. The van der Waals surface area contributed by atoms with Crippen LogP contribution in [0.3, 0.4) is 0 Å². The second-order valence-corrected chi connectivity index (χ2v) is 9.79. The number of rotatable bonds is 2. The van der Waals surface area contributed by atoms with Crippen LogP contribution >= 0.6 is 15.9 Å². The number of hydrogen-bond acceptors (Lipinski definition) is 2. The summed E-state index contributed by atoms with van der Waals surface area (Å²) in [6.07, 6.45) is 7.87. The molecule has 3 heteroatoms. The van der Waals surface area contributed by atoms with Crippen molar-refractivity contribution in [2.24, 2.45) is 5.92 Å². The van der Waals surface area contributed by atoms with Crippen LogP contribution in [0.5, 0.6) is 0 Å². The topological polar surface area (TPSA) is 27.0 Å². The third-order valence-corrected chi connectivity index (χ3v) is 8.05. The van der Waals surface area contributed by atoms with Gasteiger partial charge in [-0.25, -0.2) is 0 Å². The smallest absolute Gasteiger partial charge is 0.0852 e. The van der Waals surface area contributed by atoms with E-state index in [2.05, 4.69) is 94.5 Å². The first-order chi connectivity index (χ1) is 13.6. The number of fused-ring (bicyclic) bond motifs is 2. The van der Waals surface area contributed by atoms with Gasteiger partial charge in [0.1, 0.15) is 0 Å². The highest BCUT2D eigenvalue weighted by Crippen LogP contribution is 2.51. The Morgan fingerprint density at radius 3 is 2.57 bits per heavy atom. The third-order valence-electron chi connectivity index (χ3n) is 7.52. The van der Waals surface area contributed by atoms with Gasteiger partial charge in [-0.2, -0.15) is 5.26 Å². The molecule has 0 amide bonds. The number of allylic oxidation sites excluding steroid dienone is 1. The molecule has 1 saturated heterocycles. The molecular formula is C25H25BrN2. The lowest BCUT2D eigenvalue weighted by atomic mass is 9.60. The summed E-state index contributed by atoms with van der Waals surface area (Å²) in [5, 5.41) is 9.91. The molecule has 1 heterocycles. The number of hydrogen-bond donors (Lipinski definition) is 0. The fourth-order valence-corrected chi connectivity index (χ4v) is 5.98. The Balaban J connectivity index is 1.30. The minimum absolute atomic E-state index is 0.203. The monoisotopic (exact) mass is 432 g/mol. The van der Waals surface area contributed by atoms with Gasteiger partial charge in [-0.1, -0.05) is 71.4 Å². The van der Waals surface area contributed by atoms with Gasteiger partial charge in [0.15, 0.2) is 0 Å². The van der Waals surface area contributed by atoms with Crippen LogP contribution in [0.4, 0.5) is 0 Å². The molecule has 28 heavy (non-hydrogen) atoms. The van der Waals surface area contributed by atoms with E-state index in [1.54, 1.807) is 0 Å². The van der Waals surface area contributed by atoms with Crippen molar-refractivity contribution in [2.45, 2.75) is 43.1 Å². The van der Waals surface area contributed by atoms with E-state index in [0.29, 0.717) is 12.0 Å². The minimum Gasteiger partial charge on any atom is -0.300 e. The number of piperidine rings is 1. The van der Waals surface area contributed by atoms with Gasteiger partial charge in [0, 0.05) is 22.5 Å². The zero-order chi connectivity index (χ0) is 19.4. The van der Waals surface area contributed by atoms with E-state index < -0.39 is 0 Å². The largest absolute Gasteiger partial charge is 0.300 e. The van der Waals surface area contributed by atoms with Crippen molar-refractivity contribution in [2.75, 3.05) is 13.1 Å². The van der Waals surface area contributed by atoms with Gasteiger partial charge >= 0.3 is 0 Å². The number of nitrogens with zero attached hydrogens (tertiary/aromatic N) is 2. The average molecular weight is 433 g/mol. The molecule has 142 valence electrons. The molecule has 2 fully saturated rings. The van der Waals surface area contributed by atoms with E-state index >= 15 is 0 Å². The lowest BCUT2D eigenvalue weighted by molar-refractivity contribution is 0.0257. The molecule has 2 aromatic rings. The van der Waals surface area contributed by atoms with Crippen molar-refractivity contribution < 1.29 is 0 Å².